The van der Waals surface area contributed by atoms with E-state index < -0.39 is 0 Å². The summed E-state index contributed by atoms with van der Waals surface area (Å²) in [6, 6.07) is 0. The van der Waals surface area contributed by atoms with Crippen LogP contribution >= 0.6 is 24.0 Å². The van der Waals surface area contributed by atoms with Crippen LogP contribution in [-0.2, 0) is 4.74 Å². The molecule has 0 spiro atoms. The van der Waals surface area contributed by atoms with E-state index in [4.69, 9.17) is 4.74 Å². The average molecular weight is 341 g/mol. The molecule has 1 aliphatic heterocycles. The molecule has 1 saturated heterocycles. The van der Waals surface area contributed by atoms with Gasteiger partial charge in [0, 0.05) is 27.2 Å². The van der Waals surface area contributed by atoms with E-state index in [0.717, 1.165) is 38.5 Å². The van der Waals surface area contributed by atoms with Crippen LogP contribution in [0.3, 0.4) is 0 Å². The summed E-state index contributed by atoms with van der Waals surface area (Å²) in [6.07, 6.45) is 2.27. The molecule has 1 unspecified atom stereocenters. The fourth-order valence-corrected chi connectivity index (χ4v) is 1.72. The molecule has 1 rings (SSSR count). The predicted molar refractivity (Wildman–Crippen MR) is 78.7 cm³/mol. The summed E-state index contributed by atoms with van der Waals surface area (Å²) in [7, 11) is 4.00. The smallest absolute Gasteiger partial charge is 0.193 e. The van der Waals surface area contributed by atoms with Gasteiger partial charge >= 0.3 is 0 Å². The van der Waals surface area contributed by atoms with Gasteiger partial charge in [0.15, 0.2) is 5.96 Å². The summed E-state index contributed by atoms with van der Waals surface area (Å²) in [5.74, 6) is 0.939. The topological polar surface area (TPSA) is 36.9 Å². The van der Waals surface area contributed by atoms with E-state index in [1.807, 2.05) is 19.0 Å². The maximum Gasteiger partial charge on any atom is 0.193 e. The molecule has 1 N–H and O–H groups in total. The first-order valence-corrected chi connectivity index (χ1v) is 5.67. The number of nitrogens with zero attached hydrogens (tertiary/aromatic N) is 2. The minimum Gasteiger partial charge on any atom is -0.373 e. The monoisotopic (exact) mass is 341 g/mol. The molecular formula is C11H24IN3O. The molecule has 0 saturated carbocycles. The summed E-state index contributed by atoms with van der Waals surface area (Å²) in [5, 5.41) is 3.24. The Kier molecular flexibility index (Phi) is 7.30. The van der Waals surface area contributed by atoms with E-state index in [9.17, 15) is 0 Å². The van der Waals surface area contributed by atoms with Crippen LogP contribution in [0.5, 0.6) is 0 Å². The molecule has 1 aliphatic rings. The van der Waals surface area contributed by atoms with Crippen molar-refractivity contribution in [3.63, 3.8) is 0 Å². The van der Waals surface area contributed by atoms with E-state index in [0.29, 0.717) is 0 Å². The van der Waals surface area contributed by atoms with Crippen molar-refractivity contribution in [2.24, 2.45) is 4.99 Å². The van der Waals surface area contributed by atoms with Crippen LogP contribution in [0, 0.1) is 0 Å². The lowest BCUT2D eigenvalue weighted by Gasteiger charge is -2.23. The molecular weight excluding hydrogens is 317 g/mol. The number of guanidine groups is 1. The minimum absolute atomic E-state index is 0. The number of aliphatic imine (C=N–C) groups is 1. The van der Waals surface area contributed by atoms with Crippen molar-refractivity contribution in [3.8, 4) is 0 Å². The highest BCUT2D eigenvalue weighted by molar-refractivity contribution is 14.0. The number of halogens is 1. The Bertz CT molecular complexity index is 225. The summed E-state index contributed by atoms with van der Waals surface area (Å²) in [5.41, 5.74) is -0.0450. The van der Waals surface area contributed by atoms with Crippen molar-refractivity contribution in [2.75, 3.05) is 33.8 Å². The van der Waals surface area contributed by atoms with Gasteiger partial charge < -0.3 is 15.0 Å². The molecule has 1 atom stereocenters. The second kappa shape index (κ2) is 7.32. The lowest BCUT2D eigenvalue weighted by Crippen LogP contribution is -2.38. The Labute approximate surface area is 116 Å². The normalized spacial score (nSPS) is 25.1. The largest absolute Gasteiger partial charge is 0.373 e. The molecule has 0 amide bonds. The molecule has 1 fully saturated rings. The zero-order valence-electron chi connectivity index (χ0n) is 10.7. The van der Waals surface area contributed by atoms with Gasteiger partial charge in [-0.3, -0.25) is 4.99 Å². The Hall–Kier alpha value is -0.0400. The molecule has 1 heterocycles. The molecule has 0 radical (unpaired) electrons. The van der Waals surface area contributed by atoms with Crippen LogP contribution in [0.4, 0.5) is 0 Å². The third-order valence-electron chi connectivity index (χ3n) is 2.62. The van der Waals surface area contributed by atoms with Gasteiger partial charge in [-0.1, -0.05) is 0 Å². The first-order chi connectivity index (χ1) is 7.07. The van der Waals surface area contributed by atoms with Crippen LogP contribution in [0.1, 0.15) is 26.7 Å². The Balaban J connectivity index is 0.00000225. The predicted octanol–water partition coefficient (Wildman–Crippen LogP) is 1.70. The van der Waals surface area contributed by atoms with Crippen LogP contribution < -0.4 is 5.32 Å². The number of hydrogen-bond donors (Lipinski definition) is 1. The Morgan fingerprint density at radius 1 is 1.50 bits per heavy atom. The number of ether oxygens (including phenoxy) is 1. The maximum absolute atomic E-state index is 5.70. The average Bonchev–Trinajstić information content (AvgIpc) is 2.60. The standard InChI is InChI=1S/C11H23N3O.HI/c1-5-12-10(14(3)4)13-9-11(2)7-6-8-15-11;/h5-9H2,1-4H3,(H,12,13);1H. The fraction of sp³-hybridized carbons (Fsp3) is 0.909. The van der Waals surface area contributed by atoms with Crippen molar-refractivity contribution >= 4 is 29.9 Å². The summed E-state index contributed by atoms with van der Waals surface area (Å²) in [6.45, 7) is 6.74. The highest BCUT2D eigenvalue weighted by Gasteiger charge is 2.29. The van der Waals surface area contributed by atoms with Gasteiger partial charge in [-0.05, 0) is 26.7 Å². The third-order valence-corrected chi connectivity index (χ3v) is 2.62. The van der Waals surface area contributed by atoms with Crippen molar-refractivity contribution in [3.05, 3.63) is 0 Å². The molecule has 4 nitrogen and oxygen atoms in total. The molecule has 5 heteroatoms. The van der Waals surface area contributed by atoms with E-state index in [-0.39, 0.29) is 29.6 Å². The summed E-state index contributed by atoms with van der Waals surface area (Å²) < 4.78 is 5.70. The minimum atomic E-state index is -0.0450. The number of rotatable bonds is 3. The molecule has 0 aromatic heterocycles. The van der Waals surface area contributed by atoms with Gasteiger partial charge in [0.05, 0.1) is 12.1 Å². The third kappa shape index (κ3) is 4.86. The van der Waals surface area contributed by atoms with Crippen molar-refractivity contribution < 1.29 is 4.74 Å². The lowest BCUT2D eigenvalue weighted by molar-refractivity contribution is 0.0282. The van der Waals surface area contributed by atoms with E-state index in [2.05, 4.69) is 24.2 Å². The van der Waals surface area contributed by atoms with Gasteiger partial charge in [-0.2, -0.15) is 0 Å². The van der Waals surface area contributed by atoms with E-state index in [1.54, 1.807) is 0 Å². The van der Waals surface area contributed by atoms with Crippen molar-refractivity contribution in [1.82, 2.24) is 10.2 Å². The van der Waals surface area contributed by atoms with Gasteiger partial charge in [-0.25, -0.2) is 0 Å². The van der Waals surface area contributed by atoms with Crippen molar-refractivity contribution in [2.45, 2.75) is 32.3 Å². The summed E-state index contributed by atoms with van der Waals surface area (Å²) in [4.78, 5) is 6.57. The van der Waals surface area contributed by atoms with Gasteiger partial charge in [0.25, 0.3) is 0 Å². The molecule has 0 aromatic carbocycles. The SMILES string of the molecule is CCNC(=NCC1(C)CCCO1)N(C)C.I. The molecule has 16 heavy (non-hydrogen) atoms. The van der Waals surface area contributed by atoms with Crippen molar-refractivity contribution in [1.29, 1.82) is 0 Å². The Morgan fingerprint density at radius 3 is 2.62 bits per heavy atom. The molecule has 96 valence electrons. The van der Waals surface area contributed by atoms with E-state index in [1.165, 1.54) is 0 Å². The quantitative estimate of drug-likeness (QED) is 0.482. The van der Waals surface area contributed by atoms with Crippen LogP contribution in [-0.4, -0.2) is 50.3 Å². The molecule has 0 bridgehead atoms. The van der Waals surface area contributed by atoms with Crippen LogP contribution in [0.25, 0.3) is 0 Å². The first kappa shape index (κ1) is 16.0. The first-order valence-electron chi connectivity index (χ1n) is 5.67. The van der Waals surface area contributed by atoms with Gasteiger partial charge in [-0.15, -0.1) is 24.0 Å². The fourth-order valence-electron chi connectivity index (χ4n) is 1.72. The lowest BCUT2D eigenvalue weighted by atomic mass is 10.0. The van der Waals surface area contributed by atoms with Crippen LogP contribution in [0.2, 0.25) is 0 Å². The zero-order valence-corrected chi connectivity index (χ0v) is 13.1. The highest BCUT2D eigenvalue weighted by atomic mass is 127. The Morgan fingerprint density at radius 2 is 2.19 bits per heavy atom. The molecule has 0 aliphatic carbocycles. The number of hydrogen-bond acceptors (Lipinski definition) is 2. The maximum atomic E-state index is 5.70. The summed E-state index contributed by atoms with van der Waals surface area (Å²) >= 11 is 0. The highest BCUT2D eigenvalue weighted by Crippen LogP contribution is 2.25. The second-order valence-electron chi connectivity index (χ2n) is 4.47. The molecule has 0 aromatic rings. The number of nitrogens with one attached hydrogen (secondary N) is 1. The van der Waals surface area contributed by atoms with Gasteiger partial charge in [0.2, 0.25) is 0 Å². The van der Waals surface area contributed by atoms with Gasteiger partial charge in [0.1, 0.15) is 0 Å². The van der Waals surface area contributed by atoms with Crippen LogP contribution in [0.15, 0.2) is 4.99 Å². The van der Waals surface area contributed by atoms with E-state index >= 15 is 0 Å². The zero-order chi connectivity index (χ0) is 11.3. The second-order valence-corrected chi connectivity index (χ2v) is 4.47.